The first-order valence-electron chi connectivity index (χ1n) is 10.4. The van der Waals surface area contributed by atoms with Crippen LogP contribution in [0.4, 0.5) is 5.69 Å². The first kappa shape index (κ1) is 21.0. The molecule has 0 aromatic heterocycles. The number of nitrogens with one attached hydrogen (secondary N) is 1. The van der Waals surface area contributed by atoms with E-state index in [9.17, 15) is 14.9 Å². The second kappa shape index (κ2) is 9.24. The topological polar surface area (TPSA) is 84.7 Å². The molecule has 3 aromatic rings. The Kier molecular flexibility index (Phi) is 6.25. The Labute approximate surface area is 180 Å². The van der Waals surface area contributed by atoms with Gasteiger partial charge in [-0.2, -0.15) is 0 Å². The Balaban J connectivity index is 1.62. The van der Waals surface area contributed by atoms with E-state index in [0.717, 1.165) is 29.4 Å². The number of fused-ring (bicyclic) bond motifs is 1. The maximum absolute atomic E-state index is 12.9. The average molecular weight is 419 g/mol. The van der Waals surface area contributed by atoms with E-state index < -0.39 is 4.92 Å². The average Bonchev–Trinajstić information content (AvgIpc) is 2.80. The lowest BCUT2D eigenvalue weighted by atomic mass is 9.97. The highest BCUT2D eigenvalue weighted by Crippen LogP contribution is 2.29. The van der Waals surface area contributed by atoms with Crippen LogP contribution in [0.5, 0.6) is 0 Å². The number of hydrogen-bond donors (Lipinski definition) is 1. The van der Waals surface area contributed by atoms with Gasteiger partial charge in [-0.3, -0.25) is 19.8 Å². The molecular weight excluding hydrogens is 394 g/mol. The van der Waals surface area contributed by atoms with Crippen molar-refractivity contribution < 1.29 is 14.5 Å². The zero-order valence-corrected chi connectivity index (χ0v) is 17.4. The monoisotopic (exact) mass is 419 g/mol. The van der Waals surface area contributed by atoms with Crippen LogP contribution in [-0.4, -0.2) is 48.6 Å². The molecule has 0 saturated carbocycles. The summed E-state index contributed by atoms with van der Waals surface area (Å²) in [7, 11) is 0. The molecule has 0 aliphatic carbocycles. The van der Waals surface area contributed by atoms with Crippen LogP contribution in [0.1, 0.15) is 27.5 Å². The van der Waals surface area contributed by atoms with Crippen LogP contribution < -0.4 is 5.32 Å². The second-order valence-corrected chi connectivity index (χ2v) is 7.65. The number of morpholine rings is 1. The van der Waals surface area contributed by atoms with E-state index in [4.69, 9.17) is 4.74 Å². The van der Waals surface area contributed by atoms with Gasteiger partial charge < -0.3 is 10.1 Å². The molecule has 7 nitrogen and oxygen atoms in total. The molecule has 160 valence electrons. The van der Waals surface area contributed by atoms with Crippen molar-refractivity contribution in [1.29, 1.82) is 0 Å². The Bertz CT molecular complexity index is 1100. The zero-order chi connectivity index (χ0) is 21.8. The summed E-state index contributed by atoms with van der Waals surface area (Å²) in [5.74, 6) is -0.306. The molecule has 3 aromatic carbocycles. The molecule has 1 saturated heterocycles. The van der Waals surface area contributed by atoms with Crippen molar-refractivity contribution >= 4 is 22.4 Å². The van der Waals surface area contributed by atoms with E-state index in [2.05, 4.69) is 34.5 Å². The number of amides is 1. The number of nitrogens with zero attached hydrogens (tertiary/aromatic N) is 2. The van der Waals surface area contributed by atoms with Gasteiger partial charge in [-0.15, -0.1) is 0 Å². The van der Waals surface area contributed by atoms with E-state index in [0.29, 0.717) is 30.9 Å². The number of nitro benzene ring substituents is 1. The van der Waals surface area contributed by atoms with Crippen LogP contribution in [0, 0.1) is 17.0 Å². The smallest absolute Gasteiger partial charge is 0.273 e. The maximum Gasteiger partial charge on any atom is 0.273 e. The summed E-state index contributed by atoms with van der Waals surface area (Å²) in [5.41, 5.74) is 1.80. The summed E-state index contributed by atoms with van der Waals surface area (Å²) < 4.78 is 5.53. The molecule has 1 fully saturated rings. The lowest BCUT2D eigenvalue weighted by Crippen LogP contribution is -2.44. The minimum atomic E-state index is -0.460. The van der Waals surface area contributed by atoms with Gasteiger partial charge in [0.1, 0.15) is 0 Å². The molecule has 7 heteroatoms. The predicted molar refractivity (Wildman–Crippen MR) is 119 cm³/mol. The fourth-order valence-electron chi connectivity index (χ4n) is 4.22. The summed E-state index contributed by atoms with van der Waals surface area (Å²) in [4.78, 5) is 26.0. The number of carbonyl (C=O) groups excluding carboxylic acids is 1. The van der Waals surface area contributed by atoms with Gasteiger partial charge in [-0.05, 0) is 29.3 Å². The molecule has 1 amide bonds. The molecule has 1 aliphatic rings. The molecule has 31 heavy (non-hydrogen) atoms. The van der Waals surface area contributed by atoms with E-state index in [-0.39, 0.29) is 17.6 Å². The number of benzene rings is 3. The second-order valence-electron chi connectivity index (χ2n) is 7.65. The van der Waals surface area contributed by atoms with Gasteiger partial charge in [-0.1, -0.05) is 48.5 Å². The highest BCUT2D eigenvalue weighted by Gasteiger charge is 2.25. The Hall–Kier alpha value is -3.29. The summed E-state index contributed by atoms with van der Waals surface area (Å²) in [6, 6.07) is 19.0. The number of carbonyl (C=O) groups is 1. The fraction of sp³-hybridized carbons (Fsp3) is 0.292. The first-order chi connectivity index (χ1) is 15.1. The van der Waals surface area contributed by atoms with Gasteiger partial charge in [0.15, 0.2) is 0 Å². The number of nitro groups is 1. The minimum absolute atomic E-state index is 0.0297. The Morgan fingerprint density at radius 3 is 2.58 bits per heavy atom. The van der Waals surface area contributed by atoms with Crippen molar-refractivity contribution in [3.8, 4) is 0 Å². The van der Waals surface area contributed by atoms with Gasteiger partial charge >= 0.3 is 0 Å². The van der Waals surface area contributed by atoms with Crippen LogP contribution in [0.3, 0.4) is 0 Å². The predicted octanol–water partition coefficient (Wildman–Crippen LogP) is 3.86. The summed E-state index contributed by atoms with van der Waals surface area (Å²) in [5, 5.41) is 16.6. The summed E-state index contributed by atoms with van der Waals surface area (Å²) in [6.45, 7) is 4.86. The molecule has 1 heterocycles. The third kappa shape index (κ3) is 4.42. The van der Waals surface area contributed by atoms with Crippen molar-refractivity contribution in [3.63, 3.8) is 0 Å². The highest BCUT2D eigenvalue weighted by molar-refractivity contribution is 5.96. The van der Waals surface area contributed by atoms with Crippen molar-refractivity contribution in [2.75, 3.05) is 32.8 Å². The lowest BCUT2D eigenvalue weighted by Gasteiger charge is -2.35. The Morgan fingerprint density at radius 2 is 1.81 bits per heavy atom. The summed E-state index contributed by atoms with van der Waals surface area (Å²) >= 11 is 0. The van der Waals surface area contributed by atoms with Crippen LogP contribution in [0.2, 0.25) is 0 Å². The highest BCUT2D eigenvalue weighted by atomic mass is 16.6. The fourth-order valence-corrected chi connectivity index (χ4v) is 4.22. The third-order valence-corrected chi connectivity index (χ3v) is 5.87. The van der Waals surface area contributed by atoms with Crippen LogP contribution in [0.15, 0.2) is 60.7 Å². The first-order valence-corrected chi connectivity index (χ1v) is 10.4. The van der Waals surface area contributed by atoms with E-state index >= 15 is 0 Å². The van der Waals surface area contributed by atoms with Crippen LogP contribution >= 0.6 is 0 Å². The van der Waals surface area contributed by atoms with Gasteiger partial charge in [-0.25, -0.2) is 0 Å². The van der Waals surface area contributed by atoms with Gasteiger partial charge in [0.05, 0.1) is 24.2 Å². The van der Waals surface area contributed by atoms with Crippen molar-refractivity contribution in [2.45, 2.75) is 13.0 Å². The van der Waals surface area contributed by atoms with Crippen molar-refractivity contribution in [3.05, 3.63) is 87.5 Å². The molecule has 0 spiro atoms. The molecule has 1 N–H and O–H groups in total. The van der Waals surface area contributed by atoms with Gasteiger partial charge in [0.2, 0.25) is 0 Å². The van der Waals surface area contributed by atoms with Crippen molar-refractivity contribution in [2.24, 2.45) is 0 Å². The molecule has 1 atom stereocenters. The van der Waals surface area contributed by atoms with E-state index in [1.807, 2.05) is 18.2 Å². The summed E-state index contributed by atoms with van der Waals surface area (Å²) in [6.07, 6.45) is 0. The molecular formula is C24H25N3O4. The lowest BCUT2D eigenvalue weighted by molar-refractivity contribution is -0.385. The van der Waals surface area contributed by atoms with E-state index in [1.54, 1.807) is 19.1 Å². The molecule has 1 aliphatic heterocycles. The molecule has 4 rings (SSSR count). The third-order valence-electron chi connectivity index (χ3n) is 5.87. The standard InChI is InChI=1S/C24H25N3O4/c1-17-19(9-5-11-22(17)27(29)30)24(28)25-16-23(26-12-14-31-15-13-26)21-10-4-7-18-6-2-3-8-20(18)21/h2-11,23H,12-16H2,1H3,(H,25,28). The van der Waals surface area contributed by atoms with Crippen LogP contribution in [0.25, 0.3) is 10.8 Å². The zero-order valence-electron chi connectivity index (χ0n) is 17.4. The maximum atomic E-state index is 12.9. The number of ether oxygens (including phenoxy) is 1. The van der Waals surface area contributed by atoms with Gasteiger partial charge in [0, 0.05) is 36.8 Å². The normalized spacial score (nSPS) is 15.5. The quantitative estimate of drug-likeness (QED) is 0.484. The van der Waals surface area contributed by atoms with Gasteiger partial charge in [0.25, 0.3) is 11.6 Å². The molecule has 1 unspecified atom stereocenters. The SMILES string of the molecule is Cc1c(C(=O)NCC(c2cccc3ccccc23)N2CCOCC2)cccc1[N+](=O)[O-]. The molecule has 0 radical (unpaired) electrons. The number of hydrogen-bond acceptors (Lipinski definition) is 5. The van der Waals surface area contributed by atoms with Crippen molar-refractivity contribution in [1.82, 2.24) is 10.2 Å². The van der Waals surface area contributed by atoms with E-state index in [1.165, 1.54) is 6.07 Å². The Morgan fingerprint density at radius 1 is 1.10 bits per heavy atom. The minimum Gasteiger partial charge on any atom is -0.379 e. The van der Waals surface area contributed by atoms with Crippen LogP contribution in [-0.2, 0) is 4.74 Å². The largest absolute Gasteiger partial charge is 0.379 e. The number of rotatable bonds is 6. The molecule has 0 bridgehead atoms.